The van der Waals surface area contributed by atoms with Crippen LogP contribution in [0.3, 0.4) is 0 Å². The van der Waals surface area contributed by atoms with Gasteiger partial charge in [0.25, 0.3) is 11.8 Å². The Bertz CT molecular complexity index is 1630. The maximum absolute atomic E-state index is 15.0. The van der Waals surface area contributed by atoms with Gasteiger partial charge >= 0.3 is 0 Å². The highest BCUT2D eigenvalue weighted by Gasteiger charge is 2.46. The lowest BCUT2D eigenvalue weighted by atomic mass is 10.0. The monoisotopic (exact) mass is 573 g/mol. The summed E-state index contributed by atoms with van der Waals surface area (Å²) >= 11 is 0. The van der Waals surface area contributed by atoms with Crippen molar-refractivity contribution < 1.29 is 36.4 Å². The van der Waals surface area contributed by atoms with Gasteiger partial charge < -0.3 is 20.3 Å². The number of hydrogen-bond acceptors (Lipinski definition) is 6. The van der Waals surface area contributed by atoms with Gasteiger partial charge in [-0.05, 0) is 43.0 Å². The highest BCUT2D eigenvalue weighted by atomic mass is 19.3. The van der Waals surface area contributed by atoms with Crippen molar-refractivity contribution in [2.24, 2.45) is 5.92 Å². The van der Waals surface area contributed by atoms with Gasteiger partial charge in [0.15, 0.2) is 5.69 Å². The predicted octanol–water partition coefficient (Wildman–Crippen LogP) is 3.24. The van der Waals surface area contributed by atoms with E-state index in [1.165, 1.54) is 12.3 Å². The van der Waals surface area contributed by atoms with Crippen LogP contribution in [0.15, 0.2) is 30.5 Å². The highest BCUT2D eigenvalue weighted by Crippen LogP contribution is 2.40. The van der Waals surface area contributed by atoms with Crippen molar-refractivity contribution in [1.82, 2.24) is 30.7 Å². The average Bonchev–Trinajstić information content (AvgIpc) is 3.36. The predicted molar refractivity (Wildman–Crippen MR) is 141 cm³/mol. The van der Waals surface area contributed by atoms with Crippen LogP contribution < -0.4 is 15.4 Å². The number of pyridine rings is 1. The van der Waals surface area contributed by atoms with Crippen molar-refractivity contribution in [2.45, 2.75) is 56.3 Å². The fourth-order valence-electron chi connectivity index (χ4n) is 5.45. The minimum absolute atomic E-state index is 0.00388. The molecule has 0 spiro atoms. The number of nitrogens with zero attached hydrogens (tertiary/aromatic N) is 3. The molecule has 3 fully saturated rings. The van der Waals surface area contributed by atoms with Crippen LogP contribution in [0.2, 0.25) is 0 Å². The second kappa shape index (κ2) is 10.3. The van der Waals surface area contributed by atoms with Gasteiger partial charge in [0.2, 0.25) is 17.7 Å². The molecule has 3 aliphatic rings. The third-order valence-electron chi connectivity index (χ3n) is 7.85. The van der Waals surface area contributed by atoms with E-state index in [1.807, 2.05) is 0 Å². The lowest BCUT2D eigenvalue weighted by Gasteiger charge is -2.20. The number of methoxy groups -OCH3 is 1. The summed E-state index contributed by atoms with van der Waals surface area (Å²) in [5, 5.41) is 12.9. The molecule has 41 heavy (non-hydrogen) atoms. The Morgan fingerprint density at radius 3 is 2.68 bits per heavy atom. The third-order valence-corrected chi connectivity index (χ3v) is 7.85. The number of carbonyl (C=O) groups excluding carboxylic acids is 3. The number of carbonyl (C=O) groups is 3. The van der Waals surface area contributed by atoms with Crippen LogP contribution in [-0.2, 0) is 4.79 Å². The summed E-state index contributed by atoms with van der Waals surface area (Å²) in [4.78, 5) is 43.9. The molecule has 10 nitrogen and oxygen atoms in total. The Morgan fingerprint density at radius 2 is 1.95 bits per heavy atom. The number of nitrogens with one attached hydrogen (secondary N) is 3. The standard InChI is InChI=1S/C28H29F3N6O4/c1-41-26-19(24(38)34-22-13-37(12-20(22)29)27(40)15-6-7-28(30,31)10-15)8-16(11-32-26)14-2-5-18-21(9-14)35-36-23(18)25(39)33-17-3-4-17/h2,5,8-9,11,15,17,20,22H,3-4,6-7,10,12-13H2,1H3,(H,33,39)(H,34,38)(H,35,36)/t15?,20-,22+/m0/s1/i1D3. The lowest BCUT2D eigenvalue weighted by Crippen LogP contribution is -2.42. The van der Waals surface area contributed by atoms with Crippen molar-refractivity contribution in [3.05, 3.63) is 41.7 Å². The topological polar surface area (TPSA) is 129 Å². The maximum atomic E-state index is 15.0. The molecule has 216 valence electrons. The zero-order valence-electron chi connectivity index (χ0n) is 24.8. The molecule has 0 bridgehead atoms. The van der Waals surface area contributed by atoms with Gasteiger partial charge in [-0.15, -0.1) is 0 Å². The van der Waals surface area contributed by atoms with Gasteiger partial charge in [-0.3, -0.25) is 19.5 Å². The van der Waals surface area contributed by atoms with Gasteiger partial charge in [-0.1, -0.05) is 6.07 Å². The van der Waals surface area contributed by atoms with E-state index in [1.54, 1.807) is 18.2 Å². The number of aromatic amines is 1. The molecule has 0 radical (unpaired) electrons. The molecule has 3 N–H and O–H groups in total. The molecule has 2 aliphatic carbocycles. The summed E-state index contributed by atoms with van der Waals surface area (Å²) in [7, 11) is -2.95. The summed E-state index contributed by atoms with van der Waals surface area (Å²) in [6, 6.07) is 5.37. The van der Waals surface area contributed by atoms with Crippen molar-refractivity contribution in [2.75, 3.05) is 20.1 Å². The molecule has 3 aromatic rings. The van der Waals surface area contributed by atoms with E-state index < -0.39 is 61.6 Å². The zero-order valence-corrected chi connectivity index (χ0v) is 21.8. The van der Waals surface area contributed by atoms with Crippen LogP contribution in [0, 0.1) is 5.92 Å². The smallest absolute Gasteiger partial charge is 0.272 e. The number of rotatable bonds is 7. The molecule has 2 saturated carbocycles. The minimum Gasteiger partial charge on any atom is -0.480 e. The van der Waals surface area contributed by atoms with E-state index >= 15 is 0 Å². The number of alkyl halides is 3. The summed E-state index contributed by atoms with van der Waals surface area (Å²) < 4.78 is 69.6. The third kappa shape index (κ3) is 5.44. The van der Waals surface area contributed by atoms with Crippen molar-refractivity contribution in [3.63, 3.8) is 0 Å². The zero-order chi connectivity index (χ0) is 31.4. The van der Waals surface area contributed by atoms with E-state index in [-0.39, 0.29) is 42.7 Å². The van der Waals surface area contributed by atoms with Crippen LogP contribution in [0.1, 0.15) is 57.1 Å². The van der Waals surface area contributed by atoms with Crippen LogP contribution in [-0.4, -0.2) is 82.1 Å². The highest BCUT2D eigenvalue weighted by molar-refractivity contribution is 6.05. The quantitative estimate of drug-likeness (QED) is 0.398. The number of ether oxygens (including phenoxy) is 1. The van der Waals surface area contributed by atoms with Crippen LogP contribution in [0.25, 0.3) is 22.0 Å². The van der Waals surface area contributed by atoms with E-state index in [0.29, 0.717) is 22.0 Å². The first-order valence-electron chi connectivity index (χ1n) is 14.9. The second-order valence-electron chi connectivity index (χ2n) is 10.9. The van der Waals surface area contributed by atoms with Gasteiger partial charge in [0, 0.05) is 48.5 Å². The molecule has 1 saturated heterocycles. The fourth-order valence-corrected chi connectivity index (χ4v) is 5.45. The van der Waals surface area contributed by atoms with Crippen LogP contribution in [0.4, 0.5) is 13.2 Å². The Balaban J connectivity index is 1.22. The number of benzene rings is 1. The number of hydrogen-bond donors (Lipinski definition) is 3. The molecule has 13 heteroatoms. The molecule has 3 heterocycles. The molecule has 2 aromatic heterocycles. The molecular weight excluding hydrogens is 541 g/mol. The van der Waals surface area contributed by atoms with Crippen LogP contribution >= 0.6 is 0 Å². The molecule has 6 rings (SSSR count). The second-order valence-corrected chi connectivity index (χ2v) is 10.9. The molecule has 1 aromatic carbocycles. The Morgan fingerprint density at radius 1 is 1.12 bits per heavy atom. The number of fused-ring (bicyclic) bond motifs is 1. The lowest BCUT2D eigenvalue weighted by molar-refractivity contribution is -0.135. The summed E-state index contributed by atoms with van der Waals surface area (Å²) in [5.41, 5.74) is 1.42. The van der Waals surface area contributed by atoms with E-state index in [2.05, 4.69) is 25.8 Å². The number of halogens is 3. The molecule has 3 atom stereocenters. The fraction of sp³-hybridized carbons (Fsp3) is 0.464. The Labute approximate surface area is 237 Å². The van der Waals surface area contributed by atoms with Crippen molar-refractivity contribution >= 4 is 28.6 Å². The first-order chi connectivity index (χ1) is 20.8. The molecular formula is C28H29F3N6O4. The van der Waals surface area contributed by atoms with Gasteiger partial charge in [0.1, 0.15) is 11.7 Å². The van der Waals surface area contributed by atoms with Crippen molar-refractivity contribution in [1.29, 1.82) is 0 Å². The van der Waals surface area contributed by atoms with Crippen LogP contribution in [0.5, 0.6) is 5.88 Å². The Kier molecular flexibility index (Phi) is 5.94. The first-order valence-corrected chi connectivity index (χ1v) is 13.4. The number of aromatic nitrogens is 3. The van der Waals surface area contributed by atoms with Gasteiger partial charge in [-0.2, -0.15) is 5.10 Å². The summed E-state index contributed by atoms with van der Waals surface area (Å²) in [6.07, 6.45) is 0.481. The number of likely N-dealkylation sites (tertiary alicyclic amines) is 1. The normalized spacial score (nSPS) is 24.9. The van der Waals surface area contributed by atoms with E-state index in [9.17, 15) is 27.6 Å². The van der Waals surface area contributed by atoms with E-state index in [0.717, 1.165) is 17.7 Å². The largest absolute Gasteiger partial charge is 0.480 e. The Hall–Kier alpha value is -4.16. The molecule has 1 unspecified atom stereocenters. The number of amides is 3. The van der Waals surface area contributed by atoms with Gasteiger partial charge in [0.05, 0.1) is 29.3 Å². The van der Waals surface area contributed by atoms with Crippen molar-refractivity contribution in [3.8, 4) is 17.0 Å². The van der Waals surface area contributed by atoms with Gasteiger partial charge in [-0.25, -0.2) is 18.2 Å². The maximum Gasteiger partial charge on any atom is 0.272 e. The van der Waals surface area contributed by atoms with E-state index in [4.69, 9.17) is 8.85 Å². The molecule has 3 amide bonds. The summed E-state index contributed by atoms with van der Waals surface area (Å²) in [6.45, 7) is -0.600. The number of H-pyrrole nitrogens is 1. The SMILES string of the molecule is [2H]C([2H])([2H])Oc1ncc(-c2ccc3c(C(=O)NC4CC4)n[nH]c3c2)cc1C(=O)N[C@@H]1CN(C(=O)C2CCC(F)(F)C2)C[C@@H]1F. The minimum atomic E-state index is -2.95. The molecule has 1 aliphatic heterocycles. The summed E-state index contributed by atoms with van der Waals surface area (Å²) in [5.74, 6) is -6.13. The average molecular weight is 574 g/mol. The first kappa shape index (κ1) is 23.5.